The minimum absolute atomic E-state index is 0.0944. The van der Waals surface area contributed by atoms with Gasteiger partial charge in [0, 0.05) is 5.56 Å². The molecule has 0 fully saturated rings. The lowest BCUT2D eigenvalue weighted by atomic mass is 10.1. The van der Waals surface area contributed by atoms with Crippen molar-refractivity contribution in [2.24, 2.45) is 0 Å². The van der Waals surface area contributed by atoms with Crippen LogP contribution in [0.2, 0.25) is 0 Å². The lowest BCUT2D eigenvalue weighted by Gasteiger charge is -2.17. The molecule has 0 aliphatic heterocycles. The van der Waals surface area contributed by atoms with Gasteiger partial charge in [0.05, 0.1) is 25.3 Å². The molecule has 2 rings (SSSR count). The van der Waals surface area contributed by atoms with Crippen LogP contribution in [0.1, 0.15) is 28.9 Å². The Bertz CT molecular complexity index is 734. The Kier molecular flexibility index (Phi) is 5.89. The van der Waals surface area contributed by atoms with Crippen LogP contribution in [0.25, 0.3) is 0 Å². The van der Waals surface area contributed by atoms with Crippen LogP contribution in [-0.2, 0) is 4.79 Å². The number of nitrogens with one attached hydrogen (secondary N) is 2. The van der Waals surface area contributed by atoms with Crippen LogP contribution in [0.4, 0.5) is 4.39 Å². The summed E-state index contributed by atoms with van der Waals surface area (Å²) in [7, 11) is 1.56. The first kappa shape index (κ1) is 17.5. The Balaban J connectivity index is 1.91. The number of rotatable bonds is 6. The van der Waals surface area contributed by atoms with Gasteiger partial charge in [-0.15, -0.1) is 0 Å². The molecule has 1 unspecified atom stereocenters. The van der Waals surface area contributed by atoms with Gasteiger partial charge in [-0.05, 0) is 25.1 Å². The molecule has 0 radical (unpaired) electrons. The van der Waals surface area contributed by atoms with Gasteiger partial charge in [0.2, 0.25) is 5.91 Å². The summed E-state index contributed by atoms with van der Waals surface area (Å²) in [5.74, 6) is -0.968. The topological polar surface area (TPSA) is 67.4 Å². The lowest BCUT2D eigenvalue weighted by molar-refractivity contribution is -0.120. The van der Waals surface area contributed by atoms with E-state index in [9.17, 15) is 14.0 Å². The van der Waals surface area contributed by atoms with Gasteiger partial charge in [0.25, 0.3) is 5.91 Å². The minimum Gasteiger partial charge on any atom is -0.496 e. The number of carbonyl (C=O) groups excluding carboxylic acids is 2. The zero-order valence-electron chi connectivity index (χ0n) is 13.5. The molecule has 2 aromatic rings. The van der Waals surface area contributed by atoms with E-state index in [1.165, 1.54) is 18.2 Å². The summed E-state index contributed by atoms with van der Waals surface area (Å²) in [4.78, 5) is 23.9. The third-order valence-electron chi connectivity index (χ3n) is 3.51. The number of carbonyl (C=O) groups is 2. The second-order valence-corrected chi connectivity index (χ2v) is 5.19. The van der Waals surface area contributed by atoms with Crippen molar-refractivity contribution in [3.8, 4) is 5.75 Å². The SMILES string of the molecule is COc1ccccc1C(C)NC(=O)CNC(=O)c1ccccc1F. The third-order valence-corrected chi connectivity index (χ3v) is 3.51. The summed E-state index contributed by atoms with van der Waals surface area (Å²) >= 11 is 0. The molecule has 0 aromatic heterocycles. The highest BCUT2D eigenvalue weighted by Crippen LogP contribution is 2.24. The standard InChI is InChI=1S/C18H19FN2O3/c1-12(13-7-4-6-10-16(13)24-2)21-17(22)11-20-18(23)14-8-3-5-9-15(14)19/h3-10,12H,11H2,1-2H3,(H,20,23)(H,21,22). The number of halogens is 1. The average Bonchev–Trinajstić information content (AvgIpc) is 2.60. The van der Waals surface area contributed by atoms with Gasteiger partial charge in [-0.1, -0.05) is 30.3 Å². The van der Waals surface area contributed by atoms with E-state index in [4.69, 9.17) is 4.74 Å². The smallest absolute Gasteiger partial charge is 0.254 e. The van der Waals surface area contributed by atoms with E-state index in [0.717, 1.165) is 5.56 Å². The first-order valence-corrected chi connectivity index (χ1v) is 7.48. The van der Waals surface area contributed by atoms with E-state index in [-0.39, 0.29) is 24.1 Å². The van der Waals surface area contributed by atoms with Crippen LogP contribution in [0.5, 0.6) is 5.75 Å². The number of amides is 2. The fourth-order valence-electron chi connectivity index (χ4n) is 2.30. The molecule has 0 spiro atoms. The highest BCUT2D eigenvalue weighted by atomic mass is 19.1. The lowest BCUT2D eigenvalue weighted by Crippen LogP contribution is -2.38. The van der Waals surface area contributed by atoms with Crippen LogP contribution in [0.15, 0.2) is 48.5 Å². The summed E-state index contributed by atoms with van der Waals surface area (Å²) in [6.07, 6.45) is 0. The maximum absolute atomic E-state index is 13.5. The Morgan fingerprint density at radius 3 is 2.50 bits per heavy atom. The predicted octanol–water partition coefficient (Wildman–Crippen LogP) is 2.44. The maximum Gasteiger partial charge on any atom is 0.254 e. The van der Waals surface area contributed by atoms with Gasteiger partial charge in [0.1, 0.15) is 11.6 Å². The molecule has 0 aliphatic rings. The summed E-state index contributed by atoms with van der Waals surface area (Å²) in [6, 6.07) is 12.7. The zero-order chi connectivity index (χ0) is 17.5. The normalized spacial score (nSPS) is 11.5. The van der Waals surface area contributed by atoms with Crippen molar-refractivity contribution in [1.82, 2.24) is 10.6 Å². The second kappa shape index (κ2) is 8.10. The van der Waals surface area contributed by atoms with Gasteiger partial charge < -0.3 is 15.4 Å². The molecule has 0 saturated heterocycles. The number of methoxy groups -OCH3 is 1. The molecule has 6 heteroatoms. The Morgan fingerprint density at radius 2 is 1.79 bits per heavy atom. The molecule has 1 atom stereocenters. The molecule has 2 amide bonds. The van der Waals surface area contributed by atoms with Crippen molar-refractivity contribution in [1.29, 1.82) is 0 Å². The van der Waals surface area contributed by atoms with Gasteiger partial charge >= 0.3 is 0 Å². The van der Waals surface area contributed by atoms with Crippen molar-refractivity contribution in [2.75, 3.05) is 13.7 Å². The fraction of sp³-hybridized carbons (Fsp3) is 0.222. The number of para-hydroxylation sites is 1. The predicted molar refractivity (Wildman–Crippen MR) is 88.3 cm³/mol. The number of benzene rings is 2. The quantitative estimate of drug-likeness (QED) is 0.855. The molecule has 24 heavy (non-hydrogen) atoms. The highest BCUT2D eigenvalue weighted by molar-refractivity contribution is 5.96. The van der Waals surface area contributed by atoms with Crippen molar-refractivity contribution in [3.05, 3.63) is 65.5 Å². The van der Waals surface area contributed by atoms with E-state index in [0.29, 0.717) is 5.75 Å². The number of ether oxygens (including phenoxy) is 1. The minimum atomic E-state index is -0.631. The molecule has 2 N–H and O–H groups in total. The summed E-state index contributed by atoms with van der Waals surface area (Å²) in [6.45, 7) is 1.57. The van der Waals surface area contributed by atoms with E-state index in [1.54, 1.807) is 19.2 Å². The van der Waals surface area contributed by atoms with Crippen molar-refractivity contribution >= 4 is 11.8 Å². The maximum atomic E-state index is 13.5. The summed E-state index contributed by atoms with van der Waals surface area (Å²) in [5.41, 5.74) is 0.733. The Morgan fingerprint density at radius 1 is 1.12 bits per heavy atom. The molecular formula is C18H19FN2O3. The van der Waals surface area contributed by atoms with Crippen LogP contribution in [-0.4, -0.2) is 25.5 Å². The second-order valence-electron chi connectivity index (χ2n) is 5.19. The van der Waals surface area contributed by atoms with Crippen molar-refractivity contribution < 1.29 is 18.7 Å². The van der Waals surface area contributed by atoms with E-state index in [1.807, 2.05) is 25.1 Å². The molecule has 0 saturated carbocycles. The zero-order valence-corrected chi connectivity index (χ0v) is 13.5. The van der Waals surface area contributed by atoms with Crippen molar-refractivity contribution in [2.45, 2.75) is 13.0 Å². The number of hydrogen-bond donors (Lipinski definition) is 2. The Hall–Kier alpha value is -2.89. The number of hydrogen-bond acceptors (Lipinski definition) is 3. The monoisotopic (exact) mass is 330 g/mol. The molecular weight excluding hydrogens is 311 g/mol. The van der Waals surface area contributed by atoms with Gasteiger partial charge in [-0.3, -0.25) is 9.59 Å². The largest absolute Gasteiger partial charge is 0.496 e. The molecule has 0 heterocycles. The van der Waals surface area contributed by atoms with Crippen LogP contribution < -0.4 is 15.4 Å². The Labute approximate surface area is 139 Å². The molecule has 2 aromatic carbocycles. The van der Waals surface area contributed by atoms with E-state index >= 15 is 0 Å². The molecule has 0 bridgehead atoms. The van der Waals surface area contributed by atoms with Crippen LogP contribution in [0.3, 0.4) is 0 Å². The molecule has 0 aliphatic carbocycles. The van der Waals surface area contributed by atoms with E-state index in [2.05, 4.69) is 10.6 Å². The van der Waals surface area contributed by atoms with Crippen molar-refractivity contribution in [3.63, 3.8) is 0 Å². The van der Waals surface area contributed by atoms with Gasteiger partial charge in [-0.25, -0.2) is 4.39 Å². The van der Waals surface area contributed by atoms with Crippen LogP contribution >= 0.6 is 0 Å². The first-order valence-electron chi connectivity index (χ1n) is 7.48. The summed E-state index contributed by atoms with van der Waals surface area (Å²) in [5, 5.41) is 5.17. The highest BCUT2D eigenvalue weighted by Gasteiger charge is 2.15. The first-order chi connectivity index (χ1) is 11.5. The summed E-state index contributed by atoms with van der Waals surface area (Å²) < 4.78 is 18.8. The molecule has 126 valence electrons. The fourth-order valence-corrected chi connectivity index (χ4v) is 2.30. The van der Waals surface area contributed by atoms with Gasteiger partial charge in [0.15, 0.2) is 0 Å². The third kappa shape index (κ3) is 4.32. The molecule has 5 nitrogen and oxygen atoms in total. The van der Waals surface area contributed by atoms with Gasteiger partial charge in [-0.2, -0.15) is 0 Å². The van der Waals surface area contributed by atoms with E-state index < -0.39 is 11.7 Å². The average molecular weight is 330 g/mol. The van der Waals surface area contributed by atoms with Crippen LogP contribution in [0, 0.1) is 5.82 Å².